The Morgan fingerprint density at radius 3 is 2.67 bits per heavy atom. The van der Waals surface area contributed by atoms with E-state index in [-0.39, 0.29) is 11.8 Å². The molecule has 3 nitrogen and oxygen atoms in total. The molecule has 3 rings (SSSR count). The Morgan fingerprint density at radius 1 is 1.29 bits per heavy atom. The van der Waals surface area contributed by atoms with Gasteiger partial charge in [0.2, 0.25) is 5.91 Å². The third kappa shape index (κ3) is 3.34. The number of anilines is 2. The number of nitrogens with two attached hydrogens (primary N) is 1. The van der Waals surface area contributed by atoms with Crippen LogP contribution >= 0.6 is 11.3 Å². The van der Waals surface area contributed by atoms with Crippen molar-refractivity contribution < 1.29 is 4.79 Å². The molecule has 3 N–H and O–H groups in total. The van der Waals surface area contributed by atoms with E-state index < -0.39 is 0 Å². The molecule has 1 heterocycles. The Morgan fingerprint density at radius 2 is 2.00 bits per heavy atom. The highest BCUT2D eigenvalue weighted by Crippen LogP contribution is 2.44. The number of rotatable bonds is 5. The van der Waals surface area contributed by atoms with Crippen molar-refractivity contribution in [1.29, 1.82) is 0 Å². The molecule has 1 unspecified atom stereocenters. The number of amides is 1. The molecule has 1 amide bonds. The van der Waals surface area contributed by atoms with Crippen LogP contribution < -0.4 is 11.1 Å². The Bertz CT molecular complexity index is 704. The summed E-state index contributed by atoms with van der Waals surface area (Å²) in [5, 5.41) is 3.93. The third-order valence-electron chi connectivity index (χ3n) is 5.17. The summed E-state index contributed by atoms with van der Waals surface area (Å²) in [4.78, 5) is 13.7. The normalized spacial score (nSPS) is 16.9. The van der Waals surface area contributed by atoms with Crippen LogP contribution in [0.4, 0.5) is 10.7 Å². The summed E-state index contributed by atoms with van der Waals surface area (Å²) < 4.78 is 0. The van der Waals surface area contributed by atoms with Crippen LogP contribution in [0.2, 0.25) is 0 Å². The number of nitrogens with one attached hydrogen (secondary N) is 1. The molecule has 2 aromatic rings. The molecule has 1 aliphatic rings. The van der Waals surface area contributed by atoms with E-state index >= 15 is 0 Å². The van der Waals surface area contributed by atoms with Crippen molar-refractivity contribution in [3.63, 3.8) is 0 Å². The number of carbonyl (C=O) groups is 1. The highest BCUT2D eigenvalue weighted by atomic mass is 32.1. The molecule has 1 atom stereocenters. The van der Waals surface area contributed by atoms with Gasteiger partial charge in [-0.05, 0) is 49.1 Å². The van der Waals surface area contributed by atoms with Crippen LogP contribution in [-0.4, -0.2) is 5.91 Å². The van der Waals surface area contributed by atoms with E-state index in [1.807, 2.05) is 0 Å². The van der Waals surface area contributed by atoms with E-state index in [1.165, 1.54) is 16.0 Å². The summed E-state index contributed by atoms with van der Waals surface area (Å²) in [6, 6.07) is 10.7. The molecular weight excluding hydrogens is 316 g/mol. The van der Waals surface area contributed by atoms with Gasteiger partial charge in [0, 0.05) is 10.8 Å². The molecule has 0 radical (unpaired) electrons. The molecular formula is C20H26N2OS. The molecule has 0 aliphatic heterocycles. The van der Waals surface area contributed by atoms with Gasteiger partial charge in [0.15, 0.2) is 0 Å². The van der Waals surface area contributed by atoms with Crippen LogP contribution in [0.25, 0.3) is 0 Å². The smallest absolute Gasteiger partial charge is 0.228 e. The third-order valence-corrected chi connectivity index (χ3v) is 6.36. The second-order valence-corrected chi connectivity index (χ2v) is 7.70. The van der Waals surface area contributed by atoms with E-state index in [0.29, 0.717) is 5.92 Å². The molecule has 0 bridgehead atoms. The summed E-state index contributed by atoms with van der Waals surface area (Å²) in [5.74, 6) is 0.727. The minimum absolute atomic E-state index is 0.0700. The highest BCUT2D eigenvalue weighted by molar-refractivity contribution is 7.17. The molecule has 0 spiro atoms. The SMILES string of the molecule is CCC(CC)C(=O)Nc1sc2c(c1N)CCC(c1ccccc1)C2. The summed E-state index contributed by atoms with van der Waals surface area (Å²) in [7, 11) is 0. The van der Waals surface area contributed by atoms with Gasteiger partial charge >= 0.3 is 0 Å². The molecule has 0 fully saturated rings. The quantitative estimate of drug-likeness (QED) is 0.805. The van der Waals surface area contributed by atoms with E-state index in [1.54, 1.807) is 11.3 Å². The van der Waals surface area contributed by atoms with Crippen LogP contribution in [0.15, 0.2) is 30.3 Å². The topological polar surface area (TPSA) is 55.1 Å². The lowest BCUT2D eigenvalue weighted by molar-refractivity contribution is -0.120. The van der Waals surface area contributed by atoms with Crippen molar-refractivity contribution in [2.24, 2.45) is 5.92 Å². The highest BCUT2D eigenvalue weighted by Gasteiger charge is 2.26. The number of benzene rings is 1. The number of carbonyl (C=O) groups excluding carboxylic acids is 1. The second-order valence-electron chi connectivity index (χ2n) is 6.60. The minimum atomic E-state index is 0.0700. The van der Waals surface area contributed by atoms with Gasteiger partial charge in [0.05, 0.1) is 5.69 Å². The fourth-order valence-corrected chi connectivity index (χ4v) is 4.84. The fraction of sp³-hybridized carbons (Fsp3) is 0.450. The van der Waals surface area contributed by atoms with E-state index in [9.17, 15) is 4.79 Å². The molecule has 1 aliphatic carbocycles. The molecule has 24 heavy (non-hydrogen) atoms. The van der Waals surface area contributed by atoms with Gasteiger partial charge in [-0.25, -0.2) is 0 Å². The lowest BCUT2D eigenvalue weighted by atomic mass is 9.84. The van der Waals surface area contributed by atoms with Crippen molar-refractivity contribution in [2.75, 3.05) is 11.1 Å². The monoisotopic (exact) mass is 342 g/mol. The average molecular weight is 343 g/mol. The molecule has 0 saturated carbocycles. The molecule has 1 aromatic heterocycles. The van der Waals surface area contributed by atoms with Crippen LogP contribution in [0.1, 0.15) is 55.0 Å². The number of nitrogen functional groups attached to an aromatic ring is 1. The second kappa shape index (κ2) is 7.39. The Balaban J connectivity index is 1.78. The first-order valence-electron chi connectivity index (χ1n) is 8.89. The molecule has 1 aromatic carbocycles. The zero-order valence-corrected chi connectivity index (χ0v) is 15.3. The molecule has 128 valence electrons. The number of fused-ring (bicyclic) bond motifs is 1. The molecule has 4 heteroatoms. The maximum absolute atomic E-state index is 12.4. The summed E-state index contributed by atoms with van der Waals surface area (Å²) in [6.07, 6.45) is 4.87. The summed E-state index contributed by atoms with van der Waals surface area (Å²) in [5.41, 5.74) is 9.78. The van der Waals surface area contributed by atoms with E-state index in [0.717, 1.165) is 42.8 Å². The van der Waals surface area contributed by atoms with Crippen LogP contribution in [0.5, 0.6) is 0 Å². The zero-order chi connectivity index (χ0) is 17.1. The summed E-state index contributed by atoms with van der Waals surface area (Å²) >= 11 is 1.67. The van der Waals surface area contributed by atoms with Crippen LogP contribution in [-0.2, 0) is 17.6 Å². The first kappa shape index (κ1) is 17.0. The number of thiophene rings is 1. The van der Waals surface area contributed by atoms with Gasteiger partial charge in [-0.2, -0.15) is 0 Å². The lowest BCUT2D eigenvalue weighted by Gasteiger charge is -2.22. The van der Waals surface area contributed by atoms with Gasteiger partial charge in [0.1, 0.15) is 5.00 Å². The lowest BCUT2D eigenvalue weighted by Crippen LogP contribution is -2.21. The van der Waals surface area contributed by atoms with Gasteiger partial charge in [-0.1, -0.05) is 44.2 Å². The maximum atomic E-state index is 12.4. The van der Waals surface area contributed by atoms with Crippen molar-refractivity contribution in [3.05, 3.63) is 46.3 Å². The van der Waals surface area contributed by atoms with Crippen molar-refractivity contribution >= 4 is 27.9 Å². The van der Waals surface area contributed by atoms with E-state index in [2.05, 4.69) is 49.5 Å². The zero-order valence-electron chi connectivity index (χ0n) is 14.5. The van der Waals surface area contributed by atoms with Gasteiger partial charge in [0.25, 0.3) is 0 Å². The predicted molar refractivity (Wildman–Crippen MR) is 103 cm³/mol. The summed E-state index contributed by atoms with van der Waals surface area (Å²) in [6.45, 7) is 4.11. The van der Waals surface area contributed by atoms with Gasteiger partial charge in [-0.15, -0.1) is 11.3 Å². The first-order chi connectivity index (χ1) is 11.6. The largest absolute Gasteiger partial charge is 0.396 e. The maximum Gasteiger partial charge on any atom is 0.228 e. The number of hydrogen-bond acceptors (Lipinski definition) is 3. The first-order valence-corrected chi connectivity index (χ1v) is 9.71. The molecule has 0 saturated heterocycles. The standard InChI is InChI=1S/C20H26N2OS/c1-3-13(4-2)19(23)22-20-18(21)16-11-10-15(12-17(16)24-20)14-8-6-5-7-9-14/h5-9,13,15H,3-4,10-12,21H2,1-2H3,(H,22,23). The minimum Gasteiger partial charge on any atom is -0.396 e. The van der Waals surface area contributed by atoms with Crippen molar-refractivity contribution in [2.45, 2.75) is 51.9 Å². The van der Waals surface area contributed by atoms with Crippen LogP contribution in [0, 0.1) is 5.92 Å². The number of hydrogen-bond donors (Lipinski definition) is 2. The predicted octanol–water partition coefficient (Wildman–Crippen LogP) is 4.98. The van der Waals surface area contributed by atoms with Gasteiger partial charge < -0.3 is 11.1 Å². The Kier molecular flexibility index (Phi) is 5.24. The van der Waals surface area contributed by atoms with E-state index in [4.69, 9.17) is 5.73 Å². The van der Waals surface area contributed by atoms with Crippen molar-refractivity contribution in [3.8, 4) is 0 Å². The Hall–Kier alpha value is -1.81. The van der Waals surface area contributed by atoms with Gasteiger partial charge in [-0.3, -0.25) is 4.79 Å². The average Bonchev–Trinajstić information content (AvgIpc) is 2.92. The fourth-order valence-electron chi connectivity index (χ4n) is 3.59. The van der Waals surface area contributed by atoms with Crippen LogP contribution in [0.3, 0.4) is 0 Å². The van der Waals surface area contributed by atoms with Crippen molar-refractivity contribution in [1.82, 2.24) is 0 Å². The Labute approximate surface area is 148 Å².